The van der Waals surface area contributed by atoms with Gasteiger partial charge in [-0.25, -0.2) is 0 Å². The zero-order chi connectivity index (χ0) is 14.0. The first kappa shape index (κ1) is 14.4. The summed E-state index contributed by atoms with van der Waals surface area (Å²) in [5.41, 5.74) is 1.63. The van der Waals surface area contributed by atoms with Gasteiger partial charge < -0.3 is 9.64 Å². The number of hydrogen-bond acceptors (Lipinski definition) is 2. The van der Waals surface area contributed by atoms with Crippen molar-refractivity contribution in [2.45, 2.75) is 39.2 Å². The first-order chi connectivity index (χ1) is 9.04. The second kappa shape index (κ2) is 5.95. The monoisotopic (exact) mass is 325 g/mol. The summed E-state index contributed by atoms with van der Waals surface area (Å²) in [6.45, 7) is 4.92. The second-order valence-electron chi connectivity index (χ2n) is 5.15. The first-order valence-electron chi connectivity index (χ1n) is 6.69. The van der Waals surface area contributed by atoms with Crippen molar-refractivity contribution in [2.75, 3.05) is 13.7 Å². The van der Waals surface area contributed by atoms with E-state index < -0.39 is 0 Å². The number of hydrogen-bond donors (Lipinski definition) is 0. The molecule has 19 heavy (non-hydrogen) atoms. The molecule has 1 fully saturated rings. The molecule has 1 amide bonds. The highest BCUT2D eigenvalue weighted by molar-refractivity contribution is 9.10. The van der Waals surface area contributed by atoms with Crippen LogP contribution in [0.25, 0.3) is 0 Å². The number of rotatable bonds is 2. The minimum Gasteiger partial charge on any atom is -0.496 e. The van der Waals surface area contributed by atoms with E-state index in [0.29, 0.717) is 17.4 Å². The fourth-order valence-corrected chi connectivity index (χ4v) is 3.29. The molecule has 3 nitrogen and oxygen atoms in total. The standard InChI is InChI=1S/C15H20BrNO2/c1-10-8-12(16)9-13(14(10)19-3)15(18)17-7-5-4-6-11(17)2/h8-9,11H,4-7H2,1-3H3/t11-/m1/s1. The van der Waals surface area contributed by atoms with Crippen LogP contribution in [0, 0.1) is 6.92 Å². The van der Waals surface area contributed by atoms with Gasteiger partial charge in [0.1, 0.15) is 5.75 Å². The highest BCUT2D eigenvalue weighted by atomic mass is 79.9. The number of halogens is 1. The van der Waals surface area contributed by atoms with Crippen LogP contribution in [0.2, 0.25) is 0 Å². The van der Waals surface area contributed by atoms with Crippen molar-refractivity contribution in [2.24, 2.45) is 0 Å². The summed E-state index contributed by atoms with van der Waals surface area (Å²) >= 11 is 3.46. The van der Waals surface area contributed by atoms with E-state index in [4.69, 9.17) is 4.74 Å². The molecule has 4 heteroatoms. The summed E-state index contributed by atoms with van der Waals surface area (Å²) < 4.78 is 6.33. The number of carbonyl (C=O) groups excluding carboxylic acids is 1. The van der Waals surface area contributed by atoms with Crippen molar-refractivity contribution < 1.29 is 9.53 Å². The number of likely N-dealkylation sites (tertiary alicyclic amines) is 1. The van der Waals surface area contributed by atoms with E-state index in [2.05, 4.69) is 22.9 Å². The minimum absolute atomic E-state index is 0.0773. The molecule has 0 bridgehead atoms. The largest absolute Gasteiger partial charge is 0.496 e. The molecule has 1 atom stereocenters. The molecule has 0 spiro atoms. The smallest absolute Gasteiger partial charge is 0.257 e. The predicted octanol–water partition coefficient (Wildman–Crippen LogP) is 3.78. The second-order valence-corrected chi connectivity index (χ2v) is 6.06. The predicted molar refractivity (Wildman–Crippen MR) is 79.8 cm³/mol. The van der Waals surface area contributed by atoms with Crippen LogP contribution in [0.1, 0.15) is 42.1 Å². The van der Waals surface area contributed by atoms with Crippen LogP contribution in [0.15, 0.2) is 16.6 Å². The summed E-state index contributed by atoms with van der Waals surface area (Å²) in [7, 11) is 1.62. The van der Waals surface area contributed by atoms with Crippen molar-refractivity contribution in [3.05, 3.63) is 27.7 Å². The van der Waals surface area contributed by atoms with Crippen molar-refractivity contribution in [3.8, 4) is 5.75 Å². The molecule has 1 aliphatic rings. The summed E-state index contributed by atoms with van der Waals surface area (Å²) in [4.78, 5) is 14.7. The number of aryl methyl sites for hydroxylation is 1. The summed E-state index contributed by atoms with van der Waals surface area (Å²) in [5.74, 6) is 0.763. The third-order valence-electron chi connectivity index (χ3n) is 3.74. The Hall–Kier alpha value is -1.03. The SMILES string of the molecule is COc1c(C)cc(Br)cc1C(=O)N1CCCC[C@H]1C. The average molecular weight is 326 g/mol. The Morgan fingerprint density at radius 1 is 1.42 bits per heavy atom. The van der Waals surface area contributed by atoms with Crippen LogP contribution >= 0.6 is 15.9 Å². The van der Waals surface area contributed by atoms with E-state index in [1.165, 1.54) is 6.42 Å². The van der Waals surface area contributed by atoms with Crippen LogP contribution < -0.4 is 4.74 Å². The van der Waals surface area contributed by atoms with Gasteiger partial charge in [0.05, 0.1) is 12.7 Å². The van der Waals surface area contributed by atoms with Crippen molar-refractivity contribution in [1.82, 2.24) is 4.90 Å². The molecule has 0 radical (unpaired) electrons. The number of carbonyl (C=O) groups is 1. The fraction of sp³-hybridized carbons (Fsp3) is 0.533. The lowest BCUT2D eigenvalue weighted by Crippen LogP contribution is -2.42. The Morgan fingerprint density at radius 2 is 2.16 bits per heavy atom. The van der Waals surface area contributed by atoms with Crippen LogP contribution in [0.5, 0.6) is 5.75 Å². The van der Waals surface area contributed by atoms with Gasteiger partial charge in [0.15, 0.2) is 0 Å². The van der Waals surface area contributed by atoms with Gasteiger partial charge in [0.2, 0.25) is 0 Å². The zero-order valence-electron chi connectivity index (χ0n) is 11.7. The lowest BCUT2D eigenvalue weighted by atomic mass is 10.0. The number of piperidine rings is 1. The van der Waals surface area contributed by atoms with Gasteiger partial charge in [-0.05, 0) is 50.8 Å². The Kier molecular flexibility index (Phi) is 4.50. The molecule has 0 aliphatic carbocycles. The Labute approximate surface area is 123 Å². The molecule has 1 aromatic rings. The lowest BCUT2D eigenvalue weighted by molar-refractivity contribution is 0.0632. The molecular formula is C15H20BrNO2. The van der Waals surface area contributed by atoms with E-state index >= 15 is 0 Å². The summed E-state index contributed by atoms with van der Waals surface area (Å²) in [6.07, 6.45) is 3.38. The number of methoxy groups -OCH3 is 1. The average Bonchev–Trinajstić information content (AvgIpc) is 2.37. The maximum Gasteiger partial charge on any atom is 0.257 e. The number of benzene rings is 1. The van der Waals surface area contributed by atoms with E-state index in [1.807, 2.05) is 24.0 Å². The van der Waals surface area contributed by atoms with E-state index in [-0.39, 0.29) is 5.91 Å². The molecular weight excluding hydrogens is 306 g/mol. The molecule has 2 rings (SSSR count). The van der Waals surface area contributed by atoms with Gasteiger partial charge in [-0.2, -0.15) is 0 Å². The topological polar surface area (TPSA) is 29.5 Å². The van der Waals surface area contributed by atoms with Gasteiger partial charge >= 0.3 is 0 Å². The molecule has 0 unspecified atom stereocenters. The Bertz CT molecular complexity index is 487. The van der Waals surface area contributed by atoms with Crippen LogP contribution in [-0.2, 0) is 0 Å². The fourth-order valence-electron chi connectivity index (χ4n) is 2.71. The van der Waals surface area contributed by atoms with Crippen LogP contribution in [0.3, 0.4) is 0 Å². The van der Waals surface area contributed by atoms with Gasteiger partial charge in [-0.15, -0.1) is 0 Å². The third kappa shape index (κ3) is 2.94. The molecule has 0 aromatic heterocycles. The maximum atomic E-state index is 12.7. The van der Waals surface area contributed by atoms with Crippen molar-refractivity contribution >= 4 is 21.8 Å². The van der Waals surface area contributed by atoms with Gasteiger partial charge in [0.25, 0.3) is 5.91 Å². The molecule has 1 aromatic carbocycles. The van der Waals surface area contributed by atoms with Crippen LogP contribution in [-0.4, -0.2) is 30.5 Å². The summed E-state index contributed by atoms with van der Waals surface area (Å²) in [5, 5.41) is 0. The number of nitrogens with zero attached hydrogens (tertiary/aromatic N) is 1. The van der Waals surface area contributed by atoms with Gasteiger partial charge in [-0.3, -0.25) is 4.79 Å². The Morgan fingerprint density at radius 3 is 2.79 bits per heavy atom. The summed E-state index contributed by atoms with van der Waals surface area (Å²) in [6, 6.07) is 4.13. The van der Waals surface area contributed by atoms with E-state index in [0.717, 1.165) is 29.4 Å². The van der Waals surface area contributed by atoms with Crippen LogP contribution in [0.4, 0.5) is 0 Å². The first-order valence-corrected chi connectivity index (χ1v) is 7.49. The van der Waals surface area contributed by atoms with Crippen molar-refractivity contribution in [3.63, 3.8) is 0 Å². The molecule has 0 N–H and O–H groups in total. The third-order valence-corrected chi connectivity index (χ3v) is 4.20. The highest BCUT2D eigenvalue weighted by Gasteiger charge is 2.27. The van der Waals surface area contributed by atoms with Gasteiger partial charge in [-0.1, -0.05) is 15.9 Å². The Balaban J connectivity index is 2.37. The van der Waals surface area contributed by atoms with Crippen molar-refractivity contribution in [1.29, 1.82) is 0 Å². The maximum absolute atomic E-state index is 12.7. The normalized spacial score (nSPS) is 19.4. The molecule has 1 aliphatic heterocycles. The zero-order valence-corrected chi connectivity index (χ0v) is 13.3. The number of ether oxygens (including phenoxy) is 1. The van der Waals surface area contributed by atoms with Gasteiger partial charge in [0, 0.05) is 17.1 Å². The molecule has 1 heterocycles. The van der Waals surface area contributed by atoms with E-state index in [1.54, 1.807) is 7.11 Å². The minimum atomic E-state index is 0.0773. The quantitative estimate of drug-likeness (QED) is 0.828. The number of amides is 1. The molecule has 1 saturated heterocycles. The van der Waals surface area contributed by atoms with E-state index in [9.17, 15) is 4.79 Å². The molecule has 104 valence electrons. The highest BCUT2D eigenvalue weighted by Crippen LogP contribution is 2.30. The lowest BCUT2D eigenvalue weighted by Gasteiger charge is -2.34. The molecule has 0 saturated carbocycles.